The monoisotopic (exact) mass is 318 g/mol. The first-order valence-electron chi connectivity index (χ1n) is 7.59. The van der Waals surface area contributed by atoms with E-state index in [1.54, 1.807) is 51.1 Å². The van der Waals surface area contributed by atoms with E-state index in [2.05, 4.69) is 10.9 Å². The van der Waals surface area contributed by atoms with Crippen LogP contribution < -0.4 is 10.9 Å². The summed E-state index contributed by atoms with van der Waals surface area (Å²) in [4.78, 5) is 35.9. The van der Waals surface area contributed by atoms with Crippen LogP contribution in [0, 0.1) is 16.7 Å². The molecule has 0 aliphatic heterocycles. The predicted molar refractivity (Wildman–Crippen MR) is 84.3 cm³/mol. The number of hydrogen-bond acceptors (Lipinski definition) is 3. The van der Waals surface area contributed by atoms with Gasteiger partial charge in [0.05, 0.1) is 5.41 Å². The molecule has 0 spiro atoms. The molecule has 124 valence electrons. The first-order chi connectivity index (χ1) is 10.7. The summed E-state index contributed by atoms with van der Waals surface area (Å²) < 4.78 is 0. The topological polar surface area (TPSA) is 95.5 Å². The molecule has 0 unspecified atom stereocenters. The molecule has 1 aromatic carbocycles. The van der Waals surface area contributed by atoms with Gasteiger partial charge in [0, 0.05) is 11.5 Å². The quantitative estimate of drug-likeness (QED) is 0.743. The molecule has 0 radical (unpaired) electrons. The lowest BCUT2D eigenvalue weighted by atomic mass is 9.65. The number of benzene rings is 1. The largest absolute Gasteiger partial charge is 0.481 e. The van der Waals surface area contributed by atoms with Crippen molar-refractivity contribution in [3.05, 3.63) is 35.9 Å². The third kappa shape index (κ3) is 2.93. The normalized spacial score (nSPS) is 25.6. The first-order valence-corrected chi connectivity index (χ1v) is 7.59. The second-order valence-electron chi connectivity index (χ2n) is 6.76. The number of carboxylic acids is 1. The van der Waals surface area contributed by atoms with Crippen LogP contribution in [-0.2, 0) is 9.59 Å². The van der Waals surface area contributed by atoms with Crippen molar-refractivity contribution in [3.63, 3.8) is 0 Å². The number of carboxylic acid groups (broad SMARTS) is 1. The predicted octanol–water partition coefficient (Wildman–Crippen LogP) is 1.97. The fraction of sp³-hybridized carbons (Fsp3) is 0.471. The smallest absolute Gasteiger partial charge is 0.309 e. The van der Waals surface area contributed by atoms with Gasteiger partial charge in [-0.1, -0.05) is 32.0 Å². The van der Waals surface area contributed by atoms with Gasteiger partial charge < -0.3 is 5.11 Å². The van der Waals surface area contributed by atoms with Crippen LogP contribution in [0.15, 0.2) is 30.3 Å². The van der Waals surface area contributed by atoms with Crippen LogP contribution in [-0.4, -0.2) is 22.9 Å². The molecular weight excluding hydrogens is 296 g/mol. The molecule has 1 aromatic rings. The summed E-state index contributed by atoms with van der Waals surface area (Å²) in [6.07, 6.45) is 0.906. The lowest BCUT2D eigenvalue weighted by Crippen LogP contribution is -2.49. The second kappa shape index (κ2) is 6.02. The van der Waals surface area contributed by atoms with Gasteiger partial charge in [0.1, 0.15) is 0 Å². The standard InChI is InChI=1S/C17H22N2O4/c1-16(2)12(9-10-17(16,3)15(22)23)14(21)19-18-13(20)11-7-5-4-6-8-11/h4-8,12H,9-10H2,1-3H3,(H,18,20)(H,19,21)(H,22,23)/t12-,17+/m1/s1. The Labute approximate surface area is 135 Å². The van der Waals surface area contributed by atoms with E-state index < -0.39 is 28.6 Å². The summed E-state index contributed by atoms with van der Waals surface area (Å²) in [7, 11) is 0. The molecule has 6 nitrogen and oxygen atoms in total. The summed E-state index contributed by atoms with van der Waals surface area (Å²) in [6, 6.07) is 8.54. The van der Waals surface area contributed by atoms with Crippen LogP contribution >= 0.6 is 0 Å². The van der Waals surface area contributed by atoms with E-state index in [4.69, 9.17) is 0 Å². The Bertz CT molecular complexity index is 627. The molecule has 1 aliphatic rings. The van der Waals surface area contributed by atoms with Gasteiger partial charge in [-0.05, 0) is 37.3 Å². The Balaban J connectivity index is 2.02. The Kier molecular flexibility index (Phi) is 4.45. The molecule has 0 aromatic heterocycles. The number of rotatable bonds is 3. The minimum Gasteiger partial charge on any atom is -0.481 e. The summed E-state index contributed by atoms with van der Waals surface area (Å²) in [5.74, 6) is -2.13. The highest BCUT2D eigenvalue weighted by Gasteiger charge is 2.58. The fourth-order valence-corrected chi connectivity index (χ4v) is 3.21. The zero-order valence-electron chi connectivity index (χ0n) is 13.6. The summed E-state index contributed by atoms with van der Waals surface area (Å²) in [5, 5.41) is 9.47. The van der Waals surface area contributed by atoms with Crippen molar-refractivity contribution < 1.29 is 19.5 Å². The van der Waals surface area contributed by atoms with Crippen LogP contribution in [0.1, 0.15) is 44.0 Å². The molecule has 1 fully saturated rings. The maximum atomic E-state index is 12.4. The average Bonchev–Trinajstić information content (AvgIpc) is 2.77. The third-order valence-electron chi connectivity index (χ3n) is 5.35. The van der Waals surface area contributed by atoms with E-state index in [1.807, 2.05) is 0 Å². The number of nitrogens with one attached hydrogen (secondary N) is 2. The Morgan fingerprint density at radius 3 is 2.22 bits per heavy atom. The molecule has 2 amide bonds. The number of hydrazine groups is 1. The van der Waals surface area contributed by atoms with Crippen molar-refractivity contribution in [3.8, 4) is 0 Å². The minimum absolute atomic E-state index is 0.357. The maximum absolute atomic E-state index is 12.4. The number of carbonyl (C=O) groups is 3. The molecule has 0 heterocycles. The molecule has 0 saturated heterocycles. The second-order valence-corrected chi connectivity index (χ2v) is 6.76. The van der Waals surface area contributed by atoms with Gasteiger partial charge in [0.2, 0.25) is 5.91 Å². The number of amides is 2. The van der Waals surface area contributed by atoms with E-state index in [0.717, 1.165) is 0 Å². The SMILES string of the molecule is CC1(C)[C@@H](C(=O)NNC(=O)c2ccccc2)CC[C@@]1(C)C(=O)O. The zero-order valence-corrected chi connectivity index (χ0v) is 13.6. The molecule has 2 atom stereocenters. The van der Waals surface area contributed by atoms with E-state index in [-0.39, 0.29) is 5.91 Å². The first kappa shape index (κ1) is 17.0. The van der Waals surface area contributed by atoms with Gasteiger partial charge in [-0.3, -0.25) is 25.2 Å². The molecule has 2 rings (SSSR count). The van der Waals surface area contributed by atoms with Crippen molar-refractivity contribution in [1.82, 2.24) is 10.9 Å². The van der Waals surface area contributed by atoms with Gasteiger partial charge in [0.15, 0.2) is 0 Å². The van der Waals surface area contributed by atoms with Crippen LogP contribution in [0.2, 0.25) is 0 Å². The lowest BCUT2D eigenvalue weighted by Gasteiger charge is -2.37. The van der Waals surface area contributed by atoms with Crippen LogP contribution in [0.4, 0.5) is 0 Å². The van der Waals surface area contributed by atoms with Crippen LogP contribution in [0.5, 0.6) is 0 Å². The number of carbonyl (C=O) groups excluding carboxylic acids is 2. The van der Waals surface area contributed by atoms with Crippen molar-refractivity contribution in [2.75, 3.05) is 0 Å². The van der Waals surface area contributed by atoms with E-state index >= 15 is 0 Å². The van der Waals surface area contributed by atoms with Crippen molar-refractivity contribution in [1.29, 1.82) is 0 Å². The third-order valence-corrected chi connectivity index (χ3v) is 5.35. The summed E-state index contributed by atoms with van der Waals surface area (Å²) in [6.45, 7) is 5.25. The molecule has 1 aliphatic carbocycles. The van der Waals surface area contributed by atoms with Crippen LogP contribution in [0.25, 0.3) is 0 Å². The highest BCUT2D eigenvalue weighted by atomic mass is 16.4. The van der Waals surface area contributed by atoms with Gasteiger partial charge in [-0.15, -0.1) is 0 Å². The highest BCUT2D eigenvalue weighted by molar-refractivity contribution is 5.95. The van der Waals surface area contributed by atoms with Crippen LogP contribution in [0.3, 0.4) is 0 Å². The van der Waals surface area contributed by atoms with Gasteiger partial charge >= 0.3 is 5.97 Å². The van der Waals surface area contributed by atoms with Crippen molar-refractivity contribution in [2.24, 2.45) is 16.7 Å². The van der Waals surface area contributed by atoms with Gasteiger partial charge in [-0.25, -0.2) is 0 Å². The Hall–Kier alpha value is -2.37. The lowest BCUT2D eigenvalue weighted by molar-refractivity contribution is -0.155. The average molecular weight is 318 g/mol. The zero-order chi connectivity index (χ0) is 17.3. The van der Waals surface area contributed by atoms with Crippen molar-refractivity contribution >= 4 is 17.8 Å². The van der Waals surface area contributed by atoms with Gasteiger partial charge in [-0.2, -0.15) is 0 Å². The molecular formula is C17H22N2O4. The maximum Gasteiger partial charge on any atom is 0.309 e. The number of hydrogen-bond donors (Lipinski definition) is 3. The molecule has 3 N–H and O–H groups in total. The highest BCUT2D eigenvalue weighted by Crippen LogP contribution is 2.56. The van der Waals surface area contributed by atoms with E-state index in [0.29, 0.717) is 18.4 Å². The van der Waals surface area contributed by atoms with E-state index in [9.17, 15) is 19.5 Å². The molecule has 0 bridgehead atoms. The van der Waals surface area contributed by atoms with E-state index in [1.165, 1.54) is 0 Å². The molecule has 1 saturated carbocycles. The molecule has 6 heteroatoms. The summed E-state index contributed by atoms with van der Waals surface area (Å²) >= 11 is 0. The molecule has 23 heavy (non-hydrogen) atoms. The summed E-state index contributed by atoms with van der Waals surface area (Å²) in [5.41, 5.74) is 3.58. The Morgan fingerprint density at radius 2 is 1.70 bits per heavy atom. The minimum atomic E-state index is -0.960. The number of aliphatic carboxylic acids is 1. The van der Waals surface area contributed by atoms with Crippen molar-refractivity contribution in [2.45, 2.75) is 33.6 Å². The van der Waals surface area contributed by atoms with Gasteiger partial charge in [0.25, 0.3) is 5.91 Å². The Morgan fingerprint density at radius 1 is 1.09 bits per heavy atom. The fourth-order valence-electron chi connectivity index (χ4n) is 3.21.